The van der Waals surface area contributed by atoms with Crippen LogP contribution in [-0.2, 0) is 16.6 Å². The predicted octanol–water partition coefficient (Wildman–Crippen LogP) is 2.41. The first-order valence-electron chi connectivity index (χ1n) is 5.86. The van der Waals surface area contributed by atoms with Crippen LogP contribution >= 0.6 is 15.9 Å². The van der Waals surface area contributed by atoms with Crippen molar-refractivity contribution in [3.8, 4) is 0 Å². The van der Waals surface area contributed by atoms with Crippen LogP contribution in [0.1, 0.15) is 11.1 Å². The van der Waals surface area contributed by atoms with E-state index in [4.69, 9.17) is 5.73 Å². The highest BCUT2D eigenvalue weighted by Crippen LogP contribution is 2.21. The zero-order valence-corrected chi connectivity index (χ0v) is 13.2. The van der Waals surface area contributed by atoms with Crippen molar-refractivity contribution in [2.24, 2.45) is 5.73 Å². The van der Waals surface area contributed by atoms with Crippen molar-refractivity contribution in [3.63, 3.8) is 0 Å². The van der Waals surface area contributed by atoms with Gasteiger partial charge in [-0.3, -0.25) is 4.72 Å². The average Bonchev–Trinajstić information content (AvgIpc) is 2.37. The average molecular weight is 356 g/mol. The summed E-state index contributed by atoms with van der Waals surface area (Å²) in [4.78, 5) is 3.92. The van der Waals surface area contributed by atoms with Crippen LogP contribution in [0.25, 0.3) is 0 Å². The van der Waals surface area contributed by atoms with Crippen molar-refractivity contribution in [2.45, 2.75) is 18.5 Å². The van der Waals surface area contributed by atoms with E-state index in [1.165, 1.54) is 12.3 Å². The second-order valence-electron chi connectivity index (χ2n) is 4.33. The van der Waals surface area contributed by atoms with E-state index in [1.54, 1.807) is 18.2 Å². The second-order valence-corrected chi connectivity index (χ2v) is 6.88. The number of hydrogen-bond acceptors (Lipinski definition) is 4. The van der Waals surface area contributed by atoms with Gasteiger partial charge in [-0.2, -0.15) is 8.42 Å². The summed E-state index contributed by atoms with van der Waals surface area (Å²) in [6.45, 7) is 2.21. The molecule has 0 saturated carbocycles. The molecule has 0 atom stereocenters. The van der Waals surface area contributed by atoms with Crippen LogP contribution < -0.4 is 10.5 Å². The summed E-state index contributed by atoms with van der Waals surface area (Å²) < 4.78 is 27.7. The van der Waals surface area contributed by atoms with E-state index in [0.29, 0.717) is 12.2 Å². The summed E-state index contributed by atoms with van der Waals surface area (Å²) in [6.07, 6.45) is 1.46. The van der Waals surface area contributed by atoms with Crippen LogP contribution in [0.3, 0.4) is 0 Å². The smallest absolute Gasteiger partial charge is 0.279 e. The highest BCUT2D eigenvalue weighted by molar-refractivity contribution is 9.10. The Morgan fingerprint density at radius 3 is 2.60 bits per heavy atom. The Morgan fingerprint density at radius 2 is 2.05 bits per heavy atom. The number of halogens is 1. The third-order valence-corrected chi connectivity index (χ3v) is 4.36. The van der Waals surface area contributed by atoms with E-state index in [-0.39, 0.29) is 5.03 Å². The molecule has 0 unspecified atom stereocenters. The van der Waals surface area contributed by atoms with Crippen LogP contribution in [0.2, 0.25) is 0 Å². The SMILES string of the molecule is Cc1cc(Br)cc(NS(=O)(=O)c2ccc(CN)cn2)c1. The van der Waals surface area contributed by atoms with Gasteiger partial charge < -0.3 is 5.73 Å². The first kappa shape index (κ1) is 15.0. The highest BCUT2D eigenvalue weighted by Gasteiger charge is 2.16. The van der Waals surface area contributed by atoms with Crippen molar-refractivity contribution in [1.29, 1.82) is 0 Å². The third-order valence-electron chi connectivity index (χ3n) is 2.60. The highest BCUT2D eigenvalue weighted by atomic mass is 79.9. The normalized spacial score (nSPS) is 11.3. The lowest BCUT2D eigenvalue weighted by molar-refractivity contribution is 0.597. The molecule has 20 heavy (non-hydrogen) atoms. The molecule has 1 aromatic carbocycles. The van der Waals surface area contributed by atoms with E-state index in [1.807, 2.05) is 13.0 Å². The molecular weight excluding hydrogens is 342 g/mol. The molecule has 1 heterocycles. The molecule has 3 N–H and O–H groups in total. The number of pyridine rings is 1. The van der Waals surface area contributed by atoms with Crippen LogP contribution in [-0.4, -0.2) is 13.4 Å². The third kappa shape index (κ3) is 3.56. The topological polar surface area (TPSA) is 85.1 Å². The number of anilines is 1. The zero-order valence-electron chi connectivity index (χ0n) is 10.8. The van der Waals surface area contributed by atoms with Crippen molar-refractivity contribution >= 4 is 31.6 Å². The van der Waals surface area contributed by atoms with E-state index < -0.39 is 10.0 Å². The number of aromatic nitrogens is 1. The molecule has 0 aliphatic carbocycles. The molecule has 0 spiro atoms. The largest absolute Gasteiger partial charge is 0.326 e. The Kier molecular flexibility index (Phi) is 4.42. The molecule has 0 radical (unpaired) electrons. The minimum atomic E-state index is -3.69. The summed E-state index contributed by atoms with van der Waals surface area (Å²) in [5, 5.41) is -0.0349. The van der Waals surface area contributed by atoms with Gasteiger partial charge in [0.2, 0.25) is 0 Å². The van der Waals surface area contributed by atoms with Crippen molar-refractivity contribution in [2.75, 3.05) is 4.72 Å². The Balaban J connectivity index is 2.30. The monoisotopic (exact) mass is 355 g/mol. The maximum Gasteiger partial charge on any atom is 0.279 e. The summed E-state index contributed by atoms with van der Waals surface area (Å²) >= 11 is 3.33. The molecule has 0 aliphatic heterocycles. The lowest BCUT2D eigenvalue weighted by Crippen LogP contribution is -2.15. The molecule has 0 saturated heterocycles. The van der Waals surface area contributed by atoms with Gasteiger partial charge in [0.15, 0.2) is 5.03 Å². The summed E-state index contributed by atoms with van der Waals surface area (Å²) in [7, 11) is -3.69. The maximum atomic E-state index is 12.2. The molecule has 0 aliphatic rings. The zero-order chi connectivity index (χ0) is 14.8. The van der Waals surface area contributed by atoms with Crippen molar-refractivity contribution in [3.05, 3.63) is 52.1 Å². The molecule has 7 heteroatoms. The Hall–Kier alpha value is -1.44. The van der Waals surface area contributed by atoms with Gasteiger partial charge in [0, 0.05) is 17.2 Å². The molecule has 2 rings (SSSR count). The first-order valence-corrected chi connectivity index (χ1v) is 8.13. The van der Waals surface area contributed by atoms with Gasteiger partial charge in [-0.15, -0.1) is 0 Å². The number of nitrogens with one attached hydrogen (secondary N) is 1. The number of rotatable bonds is 4. The standard InChI is InChI=1S/C13H14BrN3O2S/c1-9-4-11(14)6-12(5-9)17-20(18,19)13-3-2-10(7-15)8-16-13/h2-6,8,17H,7,15H2,1H3. The van der Waals surface area contributed by atoms with E-state index in [2.05, 4.69) is 25.6 Å². The van der Waals surface area contributed by atoms with Gasteiger partial charge in [0.05, 0.1) is 5.69 Å². The lowest BCUT2D eigenvalue weighted by atomic mass is 10.2. The molecule has 0 fully saturated rings. The second kappa shape index (κ2) is 5.90. The minimum Gasteiger partial charge on any atom is -0.326 e. The fourth-order valence-electron chi connectivity index (χ4n) is 1.69. The van der Waals surface area contributed by atoms with Gasteiger partial charge in [0.1, 0.15) is 0 Å². The number of benzene rings is 1. The minimum absolute atomic E-state index is 0.0349. The quantitative estimate of drug-likeness (QED) is 0.881. The van der Waals surface area contributed by atoms with E-state index >= 15 is 0 Å². The van der Waals surface area contributed by atoms with E-state index in [0.717, 1.165) is 15.6 Å². The maximum absolute atomic E-state index is 12.2. The fraction of sp³-hybridized carbons (Fsp3) is 0.154. The summed E-state index contributed by atoms with van der Waals surface area (Å²) in [5.41, 5.74) is 7.67. The van der Waals surface area contributed by atoms with Gasteiger partial charge in [0.25, 0.3) is 10.0 Å². The van der Waals surface area contributed by atoms with Crippen LogP contribution in [0, 0.1) is 6.92 Å². The van der Waals surface area contributed by atoms with Crippen molar-refractivity contribution < 1.29 is 8.42 Å². The number of nitrogens with two attached hydrogens (primary N) is 1. The summed E-state index contributed by atoms with van der Waals surface area (Å²) in [6, 6.07) is 8.42. The van der Waals surface area contributed by atoms with Gasteiger partial charge >= 0.3 is 0 Å². The molecule has 2 aromatic rings. The Morgan fingerprint density at radius 1 is 1.30 bits per heavy atom. The molecular formula is C13H14BrN3O2S. The van der Waals surface area contributed by atoms with Crippen molar-refractivity contribution in [1.82, 2.24) is 4.98 Å². The number of hydrogen-bond donors (Lipinski definition) is 2. The van der Waals surface area contributed by atoms with Gasteiger partial charge in [-0.1, -0.05) is 22.0 Å². The molecule has 0 bridgehead atoms. The van der Waals surface area contributed by atoms with Gasteiger partial charge in [-0.05, 0) is 42.3 Å². The lowest BCUT2D eigenvalue weighted by Gasteiger charge is -2.09. The van der Waals surface area contributed by atoms with Gasteiger partial charge in [-0.25, -0.2) is 4.98 Å². The molecule has 0 amide bonds. The Labute approximate surface area is 126 Å². The summed E-state index contributed by atoms with van der Waals surface area (Å²) in [5.74, 6) is 0. The van der Waals surface area contributed by atoms with E-state index in [9.17, 15) is 8.42 Å². The molecule has 1 aromatic heterocycles. The van der Waals surface area contributed by atoms with Crippen LogP contribution in [0.4, 0.5) is 5.69 Å². The fourth-order valence-corrected chi connectivity index (χ4v) is 3.27. The number of aryl methyl sites for hydroxylation is 1. The first-order chi connectivity index (χ1) is 9.40. The van der Waals surface area contributed by atoms with Crippen LogP contribution in [0.5, 0.6) is 0 Å². The molecule has 106 valence electrons. The predicted molar refractivity (Wildman–Crippen MR) is 81.8 cm³/mol. The molecule has 5 nitrogen and oxygen atoms in total. The Bertz CT molecular complexity index is 695. The van der Waals surface area contributed by atoms with Crippen LogP contribution in [0.15, 0.2) is 46.0 Å². The number of sulfonamides is 1. The number of nitrogens with zero attached hydrogens (tertiary/aromatic N) is 1.